The van der Waals surface area contributed by atoms with Crippen molar-refractivity contribution in [1.29, 1.82) is 0 Å². The van der Waals surface area contributed by atoms with Gasteiger partial charge in [-0.25, -0.2) is 4.98 Å². The standard InChI is InChI=1S/C11H16N4S/c1-3-10-6-13-11(16)15(10)9(2)7-14-5-4-12-8-14/h4-6,8-9H,3,7H2,1-2H3,(H,13,16). The van der Waals surface area contributed by atoms with Gasteiger partial charge in [0.2, 0.25) is 0 Å². The predicted molar refractivity (Wildman–Crippen MR) is 65.9 cm³/mol. The first-order chi connectivity index (χ1) is 7.72. The fourth-order valence-electron chi connectivity index (χ4n) is 1.95. The van der Waals surface area contributed by atoms with E-state index in [0.717, 1.165) is 17.7 Å². The molecule has 0 radical (unpaired) electrons. The molecule has 0 saturated carbocycles. The zero-order valence-electron chi connectivity index (χ0n) is 9.55. The molecule has 2 rings (SSSR count). The van der Waals surface area contributed by atoms with Gasteiger partial charge in [0.15, 0.2) is 4.77 Å². The van der Waals surface area contributed by atoms with E-state index in [1.54, 1.807) is 6.20 Å². The van der Waals surface area contributed by atoms with Crippen molar-refractivity contribution < 1.29 is 0 Å². The number of imidazole rings is 2. The van der Waals surface area contributed by atoms with Crippen LogP contribution in [0, 0.1) is 4.77 Å². The highest BCUT2D eigenvalue weighted by Gasteiger charge is 2.10. The van der Waals surface area contributed by atoms with Gasteiger partial charge in [-0.05, 0) is 25.6 Å². The van der Waals surface area contributed by atoms with E-state index in [-0.39, 0.29) is 0 Å². The van der Waals surface area contributed by atoms with E-state index in [9.17, 15) is 0 Å². The van der Waals surface area contributed by atoms with Crippen molar-refractivity contribution in [3.05, 3.63) is 35.4 Å². The Bertz CT molecular complexity index is 494. The van der Waals surface area contributed by atoms with Gasteiger partial charge < -0.3 is 14.1 Å². The normalized spacial score (nSPS) is 12.9. The molecule has 0 bridgehead atoms. The second kappa shape index (κ2) is 4.65. The van der Waals surface area contributed by atoms with Crippen LogP contribution in [0.5, 0.6) is 0 Å². The number of rotatable bonds is 4. The molecule has 0 aliphatic carbocycles. The summed E-state index contributed by atoms with van der Waals surface area (Å²) in [5.74, 6) is 0. The number of aryl methyl sites for hydroxylation is 1. The number of hydrogen-bond acceptors (Lipinski definition) is 2. The fourth-order valence-corrected chi connectivity index (χ4v) is 2.31. The fraction of sp³-hybridized carbons (Fsp3) is 0.455. The maximum atomic E-state index is 5.29. The summed E-state index contributed by atoms with van der Waals surface area (Å²) in [4.78, 5) is 7.14. The third-order valence-electron chi connectivity index (χ3n) is 2.73. The Labute approximate surface area is 99.9 Å². The molecule has 86 valence electrons. The summed E-state index contributed by atoms with van der Waals surface area (Å²) in [6.07, 6.45) is 8.58. The number of aromatic nitrogens is 4. The molecule has 1 unspecified atom stereocenters. The Kier molecular flexibility index (Phi) is 3.24. The Hall–Kier alpha value is -1.36. The second-order valence-corrected chi connectivity index (χ2v) is 4.30. The average Bonchev–Trinajstić information content (AvgIpc) is 2.87. The van der Waals surface area contributed by atoms with Crippen molar-refractivity contribution in [2.75, 3.05) is 0 Å². The molecular formula is C11H16N4S. The molecule has 0 aromatic carbocycles. The van der Waals surface area contributed by atoms with Gasteiger partial charge in [0, 0.05) is 30.8 Å². The minimum absolute atomic E-state index is 0.336. The largest absolute Gasteiger partial charge is 0.337 e. The molecule has 16 heavy (non-hydrogen) atoms. The predicted octanol–water partition coefficient (Wildman–Crippen LogP) is 2.57. The van der Waals surface area contributed by atoms with Crippen molar-refractivity contribution in [3.63, 3.8) is 0 Å². The van der Waals surface area contributed by atoms with E-state index in [4.69, 9.17) is 12.2 Å². The first-order valence-electron chi connectivity index (χ1n) is 5.47. The summed E-state index contributed by atoms with van der Waals surface area (Å²) in [6.45, 7) is 5.19. The summed E-state index contributed by atoms with van der Waals surface area (Å²) in [5, 5.41) is 0. The van der Waals surface area contributed by atoms with Crippen LogP contribution in [-0.2, 0) is 13.0 Å². The van der Waals surface area contributed by atoms with Gasteiger partial charge in [-0.1, -0.05) is 6.92 Å². The Morgan fingerprint density at radius 3 is 3.00 bits per heavy atom. The van der Waals surface area contributed by atoms with Gasteiger partial charge in [0.1, 0.15) is 0 Å². The maximum Gasteiger partial charge on any atom is 0.177 e. The van der Waals surface area contributed by atoms with E-state index in [1.165, 1.54) is 5.69 Å². The topological polar surface area (TPSA) is 38.5 Å². The summed E-state index contributed by atoms with van der Waals surface area (Å²) in [6, 6.07) is 0.336. The van der Waals surface area contributed by atoms with Crippen molar-refractivity contribution in [1.82, 2.24) is 19.1 Å². The molecule has 0 fully saturated rings. The van der Waals surface area contributed by atoms with E-state index < -0.39 is 0 Å². The molecule has 2 heterocycles. The van der Waals surface area contributed by atoms with E-state index in [2.05, 4.69) is 32.9 Å². The zero-order chi connectivity index (χ0) is 11.5. The lowest BCUT2D eigenvalue weighted by molar-refractivity contribution is 0.449. The van der Waals surface area contributed by atoms with Crippen LogP contribution in [0.1, 0.15) is 25.6 Å². The minimum atomic E-state index is 0.336. The molecule has 0 spiro atoms. The first kappa shape index (κ1) is 11.1. The lowest BCUT2D eigenvalue weighted by Gasteiger charge is -2.16. The Balaban J connectivity index is 2.23. The van der Waals surface area contributed by atoms with E-state index in [0.29, 0.717) is 6.04 Å². The highest BCUT2D eigenvalue weighted by Crippen LogP contribution is 2.14. The number of nitrogens with zero attached hydrogens (tertiary/aromatic N) is 3. The molecule has 4 nitrogen and oxygen atoms in total. The number of hydrogen-bond donors (Lipinski definition) is 1. The van der Waals surface area contributed by atoms with Gasteiger partial charge >= 0.3 is 0 Å². The lowest BCUT2D eigenvalue weighted by atomic mass is 10.3. The summed E-state index contributed by atoms with van der Waals surface area (Å²) >= 11 is 5.29. The molecule has 0 aliphatic rings. The molecular weight excluding hydrogens is 220 g/mol. The van der Waals surface area contributed by atoms with E-state index >= 15 is 0 Å². The third kappa shape index (κ3) is 2.09. The molecule has 5 heteroatoms. The van der Waals surface area contributed by atoms with Gasteiger partial charge in [-0.3, -0.25) is 0 Å². The zero-order valence-corrected chi connectivity index (χ0v) is 10.4. The van der Waals surface area contributed by atoms with Crippen LogP contribution in [-0.4, -0.2) is 19.1 Å². The monoisotopic (exact) mass is 236 g/mol. The van der Waals surface area contributed by atoms with Crippen LogP contribution in [0.3, 0.4) is 0 Å². The first-order valence-corrected chi connectivity index (χ1v) is 5.87. The highest BCUT2D eigenvalue weighted by molar-refractivity contribution is 7.71. The number of nitrogens with one attached hydrogen (secondary N) is 1. The van der Waals surface area contributed by atoms with Gasteiger partial charge in [-0.15, -0.1) is 0 Å². The highest BCUT2D eigenvalue weighted by atomic mass is 32.1. The second-order valence-electron chi connectivity index (χ2n) is 3.92. The smallest absolute Gasteiger partial charge is 0.177 e. The summed E-state index contributed by atoms with van der Waals surface area (Å²) < 4.78 is 5.04. The van der Waals surface area contributed by atoms with Crippen molar-refractivity contribution in [3.8, 4) is 0 Å². The van der Waals surface area contributed by atoms with Gasteiger partial charge in [0.05, 0.1) is 12.4 Å². The molecule has 1 N–H and O–H groups in total. The summed E-state index contributed by atoms with van der Waals surface area (Å²) in [5.41, 5.74) is 1.25. The molecule has 0 amide bonds. The van der Waals surface area contributed by atoms with Crippen LogP contribution in [0.2, 0.25) is 0 Å². The SMILES string of the molecule is CCc1c[nH]c(=S)n1C(C)Cn1ccnc1. The number of H-pyrrole nitrogens is 1. The lowest BCUT2D eigenvalue weighted by Crippen LogP contribution is -2.14. The van der Waals surface area contributed by atoms with Gasteiger partial charge in [0.25, 0.3) is 0 Å². The van der Waals surface area contributed by atoms with Crippen LogP contribution in [0.25, 0.3) is 0 Å². The van der Waals surface area contributed by atoms with E-state index in [1.807, 2.05) is 18.7 Å². The Morgan fingerprint density at radius 1 is 1.56 bits per heavy atom. The maximum absolute atomic E-state index is 5.29. The summed E-state index contributed by atoms with van der Waals surface area (Å²) in [7, 11) is 0. The Morgan fingerprint density at radius 2 is 2.38 bits per heavy atom. The molecule has 1 atom stereocenters. The molecule has 2 aromatic heterocycles. The average molecular weight is 236 g/mol. The molecule has 0 aliphatic heterocycles. The minimum Gasteiger partial charge on any atom is -0.337 e. The van der Waals surface area contributed by atoms with Crippen molar-refractivity contribution >= 4 is 12.2 Å². The van der Waals surface area contributed by atoms with Crippen LogP contribution < -0.4 is 0 Å². The molecule has 0 saturated heterocycles. The van der Waals surface area contributed by atoms with Gasteiger partial charge in [-0.2, -0.15) is 0 Å². The van der Waals surface area contributed by atoms with Crippen molar-refractivity contribution in [2.24, 2.45) is 0 Å². The van der Waals surface area contributed by atoms with Crippen molar-refractivity contribution in [2.45, 2.75) is 32.9 Å². The number of aromatic amines is 1. The van der Waals surface area contributed by atoms with Crippen LogP contribution in [0.15, 0.2) is 24.9 Å². The third-order valence-corrected chi connectivity index (χ3v) is 3.04. The van der Waals surface area contributed by atoms with Crippen LogP contribution >= 0.6 is 12.2 Å². The van der Waals surface area contributed by atoms with Crippen LogP contribution in [0.4, 0.5) is 0 Å². The molecule has 2 aromatic rings. The quantitative estimate of drug-likeness (QED) is 0.829.